The average Bonchev–Trinajstić information content (AvgIpc) is 2.55. The van der Waals surface area contributed by atoms with Gasteiger partial charge in [0.05, 0.1) is 10.7 Å². The molecule has 0 radical (unpaired) electrons. The minimum absolute atomic E-state index is 0.113. The lowest BCUT2D eigenvalue weighted by molar-refractivity contribution is -0.116. The Balaban J connectivity index is 2.02. The quantitative estimate of drug-likeness (QED) is 0.880. The Morgan fingerprint density at radius 3 is 2.61 bits per heavy atom. The fourth-order valence-corrected chi connectivity index (χ4v) is 2.23. The summed E-state index contributed by atoms with van der Waals surface area (Å²) in [6.45, 7) is 0. The zero-order valence-corrected chi connectivity index (χ0v) is 13.3. The molecule has 0 heterocycles. The first-order valence-corrected chi connectivity index (χ1v) is 7.44. The van der Waals surface area contributed by atoms with Gasteiger partial charge in [0.15, 0.2) is 0 Å². The third-order valence-corrected chi connectivity index (χ3v) is 3.64. The van der Waals surface area contributed by atoms with Crippen LogP contribution in [0.3, 0.4) is 0 Å². The predicted molar refractivity (Wildman–Crippen MR) is 88.2 cm³/mol. The first-order valence-electron chi connectivity index (χ1n) is 7.06. The third-order valence-electron chi connectivity index (χ3n) is 3.31. The summed E-state index contributed by atoms with van der Waals surface area (Å²) < 4.78 is 13.5. The lowest BCUT2D eigenvalue weighted by Gasteiger charge is -2.09. The van der Waals surface area contributed by atoms with Crippen molar-refractivity contribution in [3.05, 3.63) is 64.4 Å². The summed E-state index contributed by atoms with van der Waals surface area (Å²) >= 11 is 6.02. The van der Waals surface area contributed by atoms with Crippen LogP contribution < -0.4 is 10.6 Å². The van der Waals surface area contributed by atoms with E-state index in [1.165, 1.54) is 19.2 Å². The van der Waals surface area contributed by atoms with E-state index < -0.39 is 0 Å². The fourth-order valence-electron chi connectivity index (χ4n) is 2.07. The van der Waals surface area contributed by atoms with E-state index >= 15 is 0 Å². The number of aryl methyl sites for hydroxylation is 1. The van der Waals surface area contributed by atoms with Crippen molar-refractivity contribution in [1.82, 2.24) is 5.32 Å². The predicted octanol–water partition coefficient (Wildman–Crippen LogP) is 3.41. The highest BCUT2D eigenvalue weighted by molar-refractivity contribution is 6.33. The van der Waals surface area contributed by atoms with Crippen molar-refractivity contribution < 1.29 is 14.0 Å². The number of amides is 2. The number of carbonyl (C=O) groups is 2. The van der Waals surface area contributed by atoms with E-state index in [-0.39, 0.29) is 30.5 Å². The minimum atomic E-state index is -0.333. The van der Waals surface area contributed by atoms with Gasteiger partial charge in [-0.1, -0.05) is 29.8 Å². The van der Waals surface area contributed by atoms with Gasteiger partial charge in [-0.15, -0.1) is 0 Å². The molecule has 0 atom stereocenters. The van der Waals surface area contributed by atoms with E-state index in [9.17, 15) is 14.0 Å². The van der Waals surface area contributed by atoms with Gasteiger partial charge in [-0.05, 0) is 36.2 Å². The maximum Gasteiger partial charge on any atom is 0.251 e. The van der Waals surface area contributed by atoms with Crippen molar-refractivity contribution in [2.45, 2.75) is 12.8 Å². The van der Waals surface area contributed by atoms with Gasteiger partial charge < -0.3 is 10.6 Å². The summed E-state index contributed by atoms with van der Waals surface area (Å²) in [5, 5.41) is 5.47. The Hall–Kier alpha value is -2.40. The van der Waals surface area contributed by atoms with Crippen molar-refractivity contribution in [3.8, 4) is 0 Å². The summed E-state index contributed by atoms with van der Waals surface area (Å²) in [4.78, 5) is 23.6. The molecule has 0 bridgehead atoms. The Labute approximate surface area is 138 Å². The van der Waals surface area contributed by atoms with E-state index in [2.05, 4.69) is 10.6 Å². The number of carbonyl (C=O) groups excluding carboxylic acids is 2. The number of rotatable bonds is 5. The normalized spacial score (nSPS) is 10.2. The lowest BCUT2D eigenvalue weighted by atomic mass is 10.1. The van der Waals surface area contributed by atoms with Crippen LogP contribution >= 0.6 is 11.6 Å². The molecular formula is C17H16ClFN2O2. The SMILES string of the molecule is CNC(=O)c1ccc(Cl)c(NC(=O)CCc2ccccc2F)c1. The van der Waals surface area contributed by atoms with Crippen LogP contribution in [0.5, 0.6) is 0 Å². The Morgan fingerprint density at radius 2 is 1.91 bits per heavy atom. The van der Waals surface area contributed by atoms with E-state index in [1.807, 2.05) is 0 Å². The Bertz CT molecular complexity index is 734. The number of nitrogens with one attached hydrogen (secondary N) is 2. The lowest BCUT2D eigenvalue weighted by Crippen LogP contribution is -2.18. The van der Waals surface area contributed by atoms with Gasteiger partial charge >= 0.3 is 0 Å². The zero-order chi connectivity index (χ0) is 16.8. The van der Waals surface area contributed by atoms with Crippen molar-refractivity contribution in [2.75, 3.05) is 12.4 Å². The van der Waals surface area contributed by atoms with Gasteiger partial charge in [0.2, 0.25) is 5.91 Å². The molecule has 0 aliphatic heterocycles. The van der Waals surface area contributed by atoms with Crippen LogP contribution in [0.15, 0.2) is 42.5 Å². The first-order chi connectivity index (χ1) is 11.0. The van der Waals surface area contributed by atoms with Crippen molar-refractivity contribution in [2.24, 2.45) is 0 Å². The number of halogens is 2. The average molecular weight is 335 g/mol. The van der Waals surface area contributed by atoms with Crippen molar-refractivity contribution in [3.63, 3.8) is 0 Å². The van der Waals surface area contributed by atoms with Gasteiger partial charge in [0.1, 0.15) is 5.82 Å². The summed E-state index contributed by atoms with van der Waals surface area (Å²) in [5.74, 6) is -0.910. The van der Waals surface area contributed by atoms with Gasteiger partial charge in [-0.2, -0.15) is 0 Å². The molecule has 2 amide bonds. The van der Waals surface area contributed by atoms with Gasteiger partial charge in [0.25, 0.3) is 5.91 Å². The highest BCUT2D eigenvalue weighted by Gasteiger charge is 2.11. The van der Waals surface area contributed by atoms with Crippen LogP contribution in [0.1, 0.15) is 22.3 Å². The molecular weight excluding hydrogens is 319 g/mol. The van der Waals surface area contributed by atoms with Crippen LogP contribution in [0.4, 0.5) is 10.1 Å². The van der Waals surface area contributed by atoms with E-state index in [4.69, 9.17) is 11.6 Å². The summed E-state index contributed by atoms with van der Waals surface area (Å²) in [6.07, 6.45) is 0.396. The second kappa shape index (κ2) is 7.74. The van der Waals surface area contributed by atoms with Gasteiger partial charge in [0, 0.05) is 19.0 Å². The zero-order valence-electron chi connectivity index (χ0n) is 12.5. The molecule has 2 rings (SSSR count). The van der Waals surface area contributed by atoms with Crippen LogP contribution in [-0.2, 0) is 11.2 Å². The first kappa shape index (κ1) is 17.0. The molecule has 2 N–H and O–H groups in total. The fraction of sp³-hybridized carbons (Fsp3) is 0.176. The molecule has 23 heavy (non-hydrogen) atoms. The largest absolute Gasteiger partial charge is 0.355 e. The van der Waals surface area contributed by atoms with Crippen molar-refractivity contribution >= 4 is 29.1 Å². The molecule has 6 heteroatoms. The van der Waals surface area contributed by atoms with Gasteiger partial charge in [-0.3, -0.25) is 9.59 Å². The molecule has 4 nitrogen and oxygen atoms in total. The van der Waals surface area contributed by atoms with Crippen molar-refractivity contribution in [1.29, 1.82) is 0 Å². The molecule has 0 saturated heterocycles. The number of hydrogen-bond donors (Lipinski definition) is 2. The smallest absolute Gasteiger partial charge is 0.251 e. The second-order valence-corrected chi connectivity index (χ2v) is 5.32. The molecule has 2 aromatic carbocycles. The van der Waals surface area contributed by atoms with Crippen LogP contribution in [0, 0.1) is 5.82 Å². The van der Waals surface area contributed by atoms with Crippen LogP contribution in [-0.4, -0.2) is 18.9 Å². The van der Waals surface area contributed by atoms with E-state index in [0.29, 0.717) is 21.8 Å². The van der Waals surface area contributed by atoms with Gasteiger partial charge in [-0.25, -0.2) is 4.39 Å². The highest BCUT2D eigenvalue weighted by atomic mass is 35.5. The molecule has 2 aromatic rings. The highest BCUT2D eigenvalue weighted by Crippen LogP contribution is 2.23. The molecule has 0 spiro atoms. The number of hydrogen-bond acceptors (Lipinski definition) is 2. The van der Waals surface area contributed by atoms with Crippen LogP contribution in [0.25, 0.3) is 0 Å². The molecule has 0 aromatic heterocycles. The summed E-state index contributed by atoms with van der Waals surface area (Å²) in [7, 11) is 1.52. The Kier molecular flexibility index (Phi) is 5.71. The number of benzene rings is 2. The maximum absolute atomic E-state index is 13.5. The minimum Gasteiger partial charge on any atom is -0.355 e. The summed E-state index contributed by atoms with van der Waals surface area (Å²) in [5.41, 5.74) is 1.22. The maximum atomic E-state index is 13.5. The second-order valence-electron chi connectivity index (χ2n) is 4.91. The standard InChI is InChI=1S/C17H16ClFN2O2/c1-20-17(23)12-6-8-13(18)15(10-12)21-16(22)9-7-11-4-2-3-5-14(11)19/h2-6,8,10H,7,9H2,1H3,(H,20,23)(H,21,22). The van der Waals surface area contributed by atoms with Crippen LogP contribution in [0.2, 0.25) is 5.02 Å². The monoisotopic (exact) mass is 334 g/mol. The number of anilines is 1. The molecule has 0 aliphatic rings. The Morgan fingerprint density at radius 1 is 1.17 bits per heavy atom. The third kappa shape index (κ3) is 4.53. The molecule has 0 fully saturated rings. The van der Waals surface area contributed by atoms with E-state index in [1.54, 1.807) is 30.3 Å². The topological polar surface area (TPSA) is 58.2 Å². The van der Waals surface area contributed by atoms with E-state index in [0.717, 1.165) is 0 Å². The molecule has 0 unspecified atom stereocenters. The molecule has 0 saturated carbocycles. The molecule has 120 valence electrons. The summed E-state index contributed by atoms with van der Waals surface area (Å²) in [6, 6.07) is 10.9. The molecule has 0 aliphatic carbocycles.